The Labute approximate surface area is 99.7 Å². The van der Waals surface area contributed by atoms with Crippen LogP contribution in [0, 0.1) is 0 Å². The van der Waals surface area contributed by atoms with Crippen molar-refractivity contribution >= 4 is 11.6 Å². The van der Waals surface area contributed by atoms with Crippen LogP contribution in [0.4, 0.5) is 0 Å². The van der Waals surface area contributed by atoms with Crippen molar-refractivity contribution in [3.05, 3.63) is 22.7 Å². The summed E-state index contributed by atoms with van der Waals surface area (Å²) in [5, 5.41) is 4.24. The van der Waals surface area contributed by atoms with Gasteiger partial charge in [-0.05, 0) is 37.9 Å². The number of halogens is 1. The Bertz CT molecular complexity index is 402. The minimum absolute atomic E-state index is 0.306. The van der Waals surface area contributed by atoms with E-state index in [4.69, 9.17) is 21.1 Å². The van der Waals surface area contributed by atoms with Crippen molar-refractivity contribution < 1.29 is 9.47 Å². The number of rotatable bonds is 2. The molecular formula is C12H14ClNO2. The number of nitrogens with one attached hydrogen (secondary N) is 1. The molecule has 1 aromatic carbocycles. The Morgan fingerprint density at radius 2 is 2.31 bits per heavy atom. The van der Waals surface area contributed by atoms with Crippen molar-refractivity contribution in [2.75, 3.05) is 13.3 Å². The van der Waals surface area contributed by atoms with Crippen LogP contribution >= 0.6 is 11.6 Å². The van der Waals surface area contributed by atoms with Crippen LogP contribution in [0.3, 0.4) is 0 Å². The van der Waals surface area contributed by atoms with Gasteiger partial charge in [0.25, 0.3) is 0 Å². The van der Waals surface area contributed by atoms with Gasteiger partial charge in [-0.25, -0.2) is 0 Å². The summed E-state index contributed by atoms with van der Waals surface area (Å²) in [6.45, 7) is 1.41. The smallest absolute Gasteiger partial charge is 0.231 e. The summed E-state index contributed by atoms with van der Waals surface area (Å²) in [4.78, 5) is 0. The second-order valence-electron chi connectivity index (χ2n) is 4.26. The molecule has 0 aromatic heterocycles. The maximum atomic E-state index is 6.22. The third-order valence-corrected chi connectivity index (χ3v) is 3.55. The highest BCUT2D eigenvalue weighted by Gasteiger charge is 2.24. The molecule has 86 valence electrons. The van der Waals surface area contributed by atoms with Gasteiger partial charge in [0, 0.05) is 16.6 Å². The SMILES string of the molecule is Clc1ccc2c(c1CC1CCCN1)OCO2. The monoisotopic (exact) mass is 239 g/mol. The van der Waals surface area contributed by atoms with Crippen LogP contribution in [-0.4, -0.2) is 19.4 Å². The molecule has 2 aliphatic heterocycles. The summed E-state index contributed by atoms with van der Waals surface area (Å²) in [6.07, 6.45) is 3.38. The minimum Gasteiger partial charge on any atom is -0.454 e. The first-order valence-electron chi connectivity index (χ1n) is 5.65. The fourth-order valence-corrected chi connectivity index (χ4v) is 2.60. The lowest BCUT2D eigenvalue weighted by Gasteiger charge is -2.13. The van der Waals surface area contributed by atoms with E-state index in [1.54, 1.807) is 0 Å². The van der Waals surface area contributed by atoms with Crippen LogP contribution in [0.5, 0.6) is 11.5 Å². The molecule has 0 aliphatic carbocycles. The van der Waals surface area contributed by atoms with Crippen LogP contribution in [0.2, 0.25) is 5.02 Å². The Kier molecular flexibility index (Phi) is 2.65. The summed E-state index contributed by atoms with van der Waals surface area (Å²) >= 11 is 6.22. The van der Waals surface area contributed by atoms with Crippen molar-refractivity contribution in [1.29, 1.82) is 0 Å². The number of hydrogen-bond donors (Lipinski definition) is 1. The molecule has 1 atom stereocenters. The first-order valence-corrected chi connectivity index (χ1v) is 6.03. The van der Waals surface area contributed by atoms with Gasteiger partial charge in [-0.3, -0.25) is 0 Å². The molecule has 0 amide bonds. The Morgan fingerprint density at radius 3 is 3.12 bits per heavy atom. The maximum absolute atomic E-state index is 6.22. The second-order valence-corrected chi connectivity index (χ2v) is 4.66. The molecule has 0 radical (unpaired) electrons. The highest BCUT2D eigenvalue weighted by Crippen LogP contribution is 2.40. The van der Waals surface area contributed by atoms with Gasteiger partial charge in [0.05, 0.1) is 0 Å². The van der Waals surface area contributed by atoms with E-state index in [9.17, 15) is 0 Å². The lowest BCUT2D eigenvalue weighted by atomic mass is 10.0. The van der Waals surface area contributed by atoms with Gasteiger partial charge in [0.2, 0.25) is 6.79 Å². The van der Waals surface area contributed by atoms with Gasteiger partial charge in [0.1, 0.15) is 0 Å². The standard InChI is InChI=1S/C12H14ClNO2/c13-10-3-4-11-12(16-7-15-11)9(10)6-8-2-1-5-14-8/h3-4,8,14H,1-2,5-7H2. The van der Waals surface area contributed by atoms with E-state index in [2.05, 4.69) is 5.32 Å². The average Bonchev–Trinajstić information content (AvgIpc) is 2.92. The summed E-state index contributed by atoms with van der Waals surface area (Å²) in [7, 11) is 0. The third-order valence-electron chi connectivity index (χ3n) is 3.20. The third kappa shape index (κ3) is 1.74. The van der Waals surface area contributed by atoms with E-state index in [0.29, 0.717) is 12.8 Å². The molecule has 1 aromatic rings. The van der Waals surface area contributed by atoms with Gasteiger partial charge >= 0.3 is 0 Å². The summed E-state index contributed by atoms with van der Waals surface area (Å²) in [6, 6.07) is 4.28. The van der Waals surface area contributed by atoms with Crippen molar-refractivity contribution in [3.8, 4) is 11.5 Å². The Balaban J connectivity index is 1.90. The normalized spacial score (nSPS) is 22.7. The zero-order valence-electron chi connectivity index (χ0n) is 8.96. The molecule has 1 fully saturated rings. The largest absolute Gasteiger partial charge is 0.454 e. The number of benzene rings is 1. The van der Waals surface area contributed by atoms with E-state index >= 15 is 0 Å². The lowest BCUT2D eigenvalue weighted by Crippen LogP contribution is -2.23. The molecule has 0 spiro atoms. The molecule has 1 N–H and O–H groups in total. The van der Waals surface area contributed by atoms with Crippen LogP contribution < -0.4 is 14.8 Å². The molecule has 0 bridgehead atoms. The Hall–Kier alpha value is -0.930. The zero-order valence-corrected chi connectivity index (χ0v) is 9.72. The van der Waals surface area contributed by atoms with Crippen LogP contribution in [-0.2, 0) is 6.42 Å². The maximum Gasteiger partial charge on any atom is 0.231 e. The molecule has 16 heavy (non-hydrogen) atoms. The quantitative estimate of drug-likeness (QED) is 0.860. The van der Waals surface area contributed by atoms with Crippen molar-refractivity contribution in [2.45, 2.75) is 25.3 Å². The first-order chi connectivity index (χ1) is 7.84. The van der Waals surface area contributed by atoms with E-state index in [0.717, 1.165) is 35.1 Å². The second kappa shape index (κ2) is 4.15. The summed E-state index contributed by atoms with van der Waals surface area (Å²) < 4.78 is 10.8. The van der Waals surface area contributed by atoms with E-state index in [1.807, 2.05) is 12.1 Å². The van der Waals surface area contributed by atoms with Gasteiger partial charge < -0.3 is 14.8 Å². The predicted molar refractivity (Wildman–Crippen MR) is 62.3 cm³/mol. The van der Waals surface area contributed by atoms with E-state index in [1.165, 1.54) is 12.8 Å². The molecule has 1 unspecified atom stereocenters. The fraction of sp³-hybridized carbons (Fsp3) is 0.500. The van der Waals surface area contributed by atoms with Crippen molar-refractivity contribution in [3.63, 3.8) is 0 Å². The number of fused-ring (bicyclic) bond motifs is 1. The fourth-order valence-electron chi connectivity index (χ4n) is 2.37. The van der Waals surface area contributed by atoms with Crippen LogP contribution in [0.25, 0.3) is 0 Å². The van der Waals surface area contributed by atoms with Gasteiger partial charge in [-0.2, -0.15) is 0 Å². The molecule has 2 heterocycles. The topological polar surface area (TPSA) is 30.5 Å². The highest BCUT2D eigenvalue weighted by atomic mass is 35.5. The molecule has 3 rings (SSSR count). The number of ether oxygens (including phenoxy) is 2. The van der Waals surface area contributed by atoms with E-state index in [-0.39, 0.29) is 0 Å². The van der Waals surface area contributed by atoms with Crippen LogP contribution in [0.1, 0.15) is 18.4 Å². The lowest BCUT2D eigenvalue weighted by molar-refractivity contribution is 0.173. The molecule has 2 aliphatic rings. The summed E-state index contributed by atoms with van der Waals surface area (Å²) in [5.74, 6) is 1.65. The molecule has 4 heteroatoms. The van der Waals surface area contributed by atoms with Gasteiger partial charge in [0.15, 0.2) is 11.5 Å². The average molecular weight is 240 g/mol. The number of hydrogen-bond acceptors (Lipinski definition) is 3. The zero-order chi connectivity index (χ0) is 11.0. The molecular weight excluding hydrogens is 226 g/mol. The van der Waals surface area contributed by atoms with Crippen LogP contribution in [0.15, 0.2) is 12.1 Å². The first kappa shape index (κ1) is 10.2. The van der Waals surface area contributed by atoms with Gasteiger partial charge in [-0.1, -0.05) is 11.6 Å². The van der Waals surface area contributed by atoms with E-state index < -0.39 is 0 Å². The highest BCUT2D eigenvalue weighted by molar-refractivity contribution is 6.31. The molecule has 3 nitrogen and oxygen atoms in total. The minimum atomic E-state index is 0.306. The molecule has 1 saturated heterocycles. The summed E-state index contributed by atoms with van der Waals surface area (Å²) in [5.41, 5.74) is 1.08. The van der Waals surface area contributed by atoms with Crippen molar-refractivity contribution in [2.24, 2.45) is 0 Å². The Morgan fingerprint density at radius 1 is 1.38 bits per heavy atom. The molecule has 0 saturated carbocycles. The van der Waals surface area contributed by atoms with Gasteiger partial charge in [-0.15, -0.1) is 0 Å². The van der Waals surface area contributed by atoms with Crippen molar-refractivity contribution in [1.82, 2.24) is 5.32 Å². The predicted octanol–water partition coefficient (Wildman–Crippen LogP) is 2.36.